The molecule has 1 heterocycles. The molecule has 2 fully saturated rings. The van der Waals surface area contributed by atoms with Gasteiger partial charge in [0.25, 0.3) is 5.91 Å². The molecule has 1 aliphatic carbocycles. The summed E-state index contributed by atoms with van der Waals surface area (Å²) in [6.45, 7) is 16.2. The minimum Gasteiger partial charge on any atom is -0.363 e. The van der Waals surface area contributed by atoms with Gasteiger partial charge in [-0.1, -0.05) is 65.3 Å². The van der Waals surface area contributed by atoms with E-state index in [1.165, 1.54) is 17.0 Å². The number of amides is 5. The van der Waals surface area contributed by atoms with E-state index in [4.69, 9.17) is 5.73 Å². The second kappa shape index (κ2) is 12.8. The zero-order valence-corrected chi connectivity index (χ0v) is 29.2. The number of Topliss-reactive ketones (excluding diaryl/α,β-unsaturated/α-hetero) is 1. The minimum absolute atomic E-state index is 0.0804. The number of hydrogen-bond donors (Lipinski definition) is 4. The van der Waals surface area contributed by atoms with Crippen LogP contribution in [0.5, 0.6) is 0 Å². The monoisotopic (exact) mass is 659 g/mol. The Morgan fingerprint density at radius 3 is 2.07 bits per heavy atom. The molecule has 0 radical (unpaired) electrons. The number of allylic oxidation sites excluding steroid dienone is 1. The molecule has 4 atom stereocenters. The molecule has 13 heteroatoms. The number of urea groups is 1. The number of primary amides is 1. The van der Waals surface area contributed by atoms with Crippen LogP contribution in [-0.4, -0.2) is 79.3 Å². The Bertz CT molecular complexity index is 1540. The highest BCUT2D eigenvalue weighted by molar-refractivity contribution is 7.91. The summed E-state index contributed by atoms with van der Waals surface area (Å²) in [6, 6.07) is 7.51. The van der Waals surface area contributed by atoms with Crippen molar-refractivity contribution >= 4 is 39.4 Å². The van der Waals surface area contributed by atoms with E-state index in [0.717, 1.165) is 11.1 Å². The molecule has 1 saturated carbocycles. The smallest absolute Gasteiger partial charge is 0.315 e. The van der Waals surface area contributed by atoms with Crippen LogP contribution in [0.4, 0.5) is 4.79 Å². The van der Waals surface area contributed by atoms with Gasteiger partial charge in [-0.25, -0.2) is 13.2 Å². The van der Waals surface area contributed by atoms with Gasteiger partial charge in [-0.2, -0.15) is 0 Å². The molecule has 3 unspecified atom stereocenters. The Labute approximate surface area is 272 Å². The van der Waals surface area contributed by atoms with Gasteiger partial charge in [-0.15, -0.1) is 0 Å². The number of carbonyl (C=O) groups excluding carboxylic acids is 5. The molecule has 0 bridgehead atoms. The van der Waals surface area contributed by atoms with Crippen LogP contribution in [0.25, 0.3) is 0 Å². The summed E-state index contributed by atoms with van der Waals surface area (Å²) in [5, 5.41) is 8.22. The minimum atomic E-state index is -3.72. The highest BCUT2D eigenvalue weighted by atomic mass is 32.2. The highest BCUT2D eigenvalue weighted by Crippen LogP contribution is 2.62. The Kier molecular flexibility index (Phi) is 10.2. The quantitative estimate of drug-likeness (QED) is 0.207. The number of hydrogen-bond acceptors (Lipinski definition) is 7. The van der Waals surface area contributed by atoms with Gasteiger partial charge in [-0.05, 0) is 55.2 Å². The fraction of sp³-hybridized carbons (Fsp3) is 0.606. The second-order valence-electron chi connectivity index (χ2n) is 14.7. The van der Waals surface area contributed by atoms with E-state index in [9.17, 15) is 32.4 Å². The normalized spacial score (nSPS) is 24.5. The number of nitrogens with two attached hydrogens (primary N) is 1. The molecule has 46 heavy (non-hydrogen) atoms. The van der Waals surface area contributed by atoms with Crippen molar-refractivity contribution in [2.45, 2.75) is 84.7 Å². The molecule has 2 aliphatic rings. The van der Waals surface area contributed by atoms with E-state index < -0.39 is 67.8 Å². The van der Waals surface area contributed by atoms with Crippen LogP contribution in [0.2, 0.25) is 0 Å². The van der Waals surface area contributed by atoms with Gasteiger partial charge >= 0.3 is 6.03 Å². The van der Waals surface area contributed by atoms with Crippen LogP contribution in [0.15, 0.2) is 46.4 Å². The summed E-state index contributed by atoms with van der Waals surface area (Å²) in [7, 11) is -3.72. The fourth-order valence-electron chi connectivity index (χ4n) is 6.38. The summed E-state index contributed by atoms with van der Waals surface area (Å²) in [5.41, 5.74) is 3.31. The van der Waals surface area contributed by atoms with Gasteiger partial charge in [0.05, 0.1) is 28.6 Å². The second-order valence-corrected chi connectivity index (χ2v) is 16.7. The van der Waals surface area contributed by atoms with Crippen LogP contribution < -0.4 is 21.7 Å². The third-order valence-corrected chi connectivity index (χ3v) is 12.0. The zero-order valence-electron chi connectivity index (χ0n) is 28.4. The predicted molar refractivity (Wildman–Crippen MR) is 174 cm³/mol. The van der Waals surface area contributed by atoms with Gasteiger partial charge in [0, 0.05) is 19.5 Å². The summed E-state index contributed by atoms with van der Waals surface area (Å²) < 4.78 is 26.7. The number of nitrogens with zero attached hydrogens (tertiary/aromatic N) is 1. The Morgan fingerprint density at radius 1 is 1.02 bits per heavy atom. The lowest BCUT2D eigenvalue weighted by Gasteiger charge is -2.39. The first-order valence-electron chi connectivity index (χ1n) is 15.4. The maximum Gasteiger partial charge on any atom is 0.315 e. The molecule has 1 aromatic rings. The first kappa shape index (κ1) is 36.7. The molecule has 1 aromatic carbocycles. The number of ketones is 1. The molecular weight excluding hydrogens is 610 g/mol. The number of sulfone groups is 1. The van der Waals surface area contributed by atoms with Crippen molar-refractivity contribution in [2.24, 2.45) is 28.4 Å². The molecule has 0 spiro atoms. The van der Waals surface area contributed by atoms with Crippen LogP contribution >= 0.6 is 0 Å². The van der Waals surface area contributed by atoms with Gasteiger partial charge < -0.3 is 26.6 Å². The number of benzene rings is 1. The summed E-state index contributed by atoms with van der Waals surface area (Å²) in [6.07, 6.45) is 0.230. The third-order valence-electron chi connectivity index (χ3n) is 10.2. The van der Waals surface area contributed by atoms with E-state index in [1.54, 1.807) is 25.1 Å². The van der Waals surface area contributed by atoms with Gasteiger partial charge in [0.1, 0.15) is 5.54 Å². The van der Waals surface area contributed by atoms with Crippen molar-refractivity contribution in [1.29, 1.82) is 0 Å². The Balaban J connectivity index is 1.82. The number of carbonyl (C=O) groups is 5. The van der Waals surface area contributed by atoms with Crippen molar-refractivity contribution in [3.05, 3.63) is 41.5 Å². The average Bonchev–Trinajstić information content (AvgIpc) is 3.20. The first-order chi connectivity index (χ1) is 21.0. The van der Waals surface area contributed by atoms with Crippen molar-refractivity contribution in [1.82, 2.24) is 20.9 Å². The lowest BCUT2D eigenvalue weighted by Crippen LogP contribution is -2.59. The maximum absolute atomic E-state index is 14.3. The van der Waals surface area contributed by atoms with E-state index >= 15 is 0 Å². The van der Waals surface area contributed by atoms with Crippen molar-refractivity contribution in [3.8, 4) is 0 Å². The molecule has 5 N–H and O–H groups in total. The lowest BCUT2D eigenvalue weighted by molar-refractivity contribution is -0.149. The average molecular weight is 660 g/mol. The van der Waals surface area contributed by atoms with Crippen LogP contribution in [0.1, 0.15) is 68.7 Å². The molecule has 0 aromatic heterocycles. The Hall–Kier alpha value is -3.74. The van der Waals surface area contributed by atoms with E-state index in [0.29, 0.717) is 0 Å². The van der Waals surface area contributed by atoms with Crippen molar-refractivity contribution < 1.29 is 32.4 Å². The van der Waals surface area contributed by atoms with Crippen LogP contribution in [-0.2, 0) is 29.0 Å². The topological polar surface area (TPSA) is 185 Å². The predicted octanol–water partition coefficient (Wildman–Crippen LogP) is 2.33. The molecule has 5 amide bonds. The number of nitrogens with one attached hydrogen (secondary N) is 3. The highest BCUT2D eigenvalue weighted by Gasteiger charge is 2.71. The van der Waals surface area contributed by atoms with Gasteiger partial charge in [-0.3, -0.25) is 19.2 Å². The molecule has 254 valence electrons. The van der Waals surface area contributed by atoms with Crippen LogP contribution in [0.3, 0.4) is 0 Å². The Morgan fingerprint density at radius 2 is 1.59 bits per heavy atom. The largest absolute Gasteiger partial charge is 0.363 e. The van der Waals surface area contributed by atoms with E-state index in [2.05, 4.69) is 16.0 Å². The zero-order chi connectivity index (χ0) is 35.0. The summed E-state index contributed by atoms with van der Waals surface area (Å²) >= 11 is 0. The van der Waals surface area contributed by atoms with Crippen molar-refractivity contribution in [2.75, 3.05) is 25.4 Å². The molecule has 1 saturated heterocycles. The summed E-state index contributed by atoms with van der Waals surface area (Å²) in [4.78, 5) is 65.8. The molecular formula is C33H49N5O7S. The fourth-order valence-corrected chi connectivity index (χ4v) is 8.41. The SMILES string of the molecule is CC(C)=C1CN(C(=O)[C@@H](CNC(=O)NC2(CS(=O)(=O)c3ccccc3)C(C)C2(C)C)C(C)(C)C)C(C)(C(=O)NCC(=O)C(N)=O)C1. The van der Waals surface area contributed by atoms with E-state index in [-0.39, 0.29) is 42.0 Å². The maximum atomic E-state index is 14.3. The van der Waals surface area contributed by atoms with E-state index in [1.807, 2.05) is 55.4 Å². The number of rotatable bonds is 11. The van der Waals surface area contributed by atoms with Crippen molar-refractivity contribution in [3.63, 3.8) is 0 Å². The standard InChI is InChI=1S/C33H49N5O7S/c1-20(2)22-15-32(9,28(42)35-17-25(39)26(34)40)38(18-22)27(41)24(30(4,5)6)16-36-29(43)37-33(21(3)31(33,7)8)19-46(44,45)23-13-11-10-12-14-23/h10-14,21,24H,15-19H2,1-9H3,(H2,34,40)(H,35,42)(H2,36,37,43)/t21?,24-,32?,33?/m1/s1. The first-order valence-corrected chi connectivity index (χ1v) is 17.1. The van der Waals surface area contributed by atoms with Crippen LogP contribution in [0, 0.1) is 22.7 Å². The number of likely N-dealkylation sites (tertiary alicyclic amines) is 1. The molecule has 1 aliphatic heterocycles. The lowest BCUT2D eigenvalue weighted by atomic mass is 9.79. The molecule has 12 nitrogen and oxygen atoms in total. The van der Waals surface area contributed by atoms with Gasteiger partial charge in [0.15, 0.2) is 9.84 Å². The van der Waals surface area contributed by atoms with Gasteiger partial charge in [0.2, 0.25) is 17.6 Å². The summed E-state index contributed by atoms with van der Waals surface area (Å²) in [5.74, 6) is -4.30. The third kappa shape index (κ3) is 7.13. The molecule has 3 rings (SSSR count).